The van der Waals surface area contributed by atoms with Crippen LogP contribution in [0.15, 0.2) is 194 Å². The molecule has 13 rings (SSSR count). The molecule has 0 bridgehead atoms. The summed E-state index contributed by atoms with van der Waals surface area (Å²) in [5, 5.41) is 5.13. The van der Waals surface area contributed by atoms with Gasteiger partial charge >= 0.3 is 0 Å². The van der Waals surface area contributed by atoms with E-state index < -0.39 is 0 Å². The van der Waals surface area contributed by atoms with Gasteiger partial charge in [-0.2, -0.15) is 0 Å². The van der Waals surface area contributed by atoms with Gasteiger partial charge in [0.05, 0.1) is 22.4 Å². The van der Waals surface area contributed by atoms with E-state index in [-0.39, 0.29) is 10.8 Å². The molecule has 0 atom stereocenters. The molecule has 300 valence electrons. The molecule has 2 aliphatic rings. The number of fused-ring (bicyclic) bond motifs is 12. The molecule has 0 saturated carbocycles. The molecule has 11 aromatic rings. The van der Waals surface area contributed by atoms with E-state index in [1.165, 1.54) is 115 Å². The van der Waals surface area contributed by atoms with E-state index in [1.807, 2.05) is 11.3 Å². The van der Waals surface area contributed by atoms with Gasteiger partial charge in [-0.1, -0.05) is 149 Å². The smallest absolute Gasteiger partial charge is 0.0555 e. The SMILES string of the molecule is CC1(C)c2ccccc2-c2cc3c4cc(-c5ccc(N(c6cccc7c6-c6ccccc6C7(C)C)c6cccc7sc8ccccc8c67)cc5)ccc4n(-c4ccccc4)c3cc21. The van der Waals surface area contributed by atoms with E-state index in [4.69, 9.17) is 0 Å². The highest BCUT2D eigenvalue weighted by atomic mass is 32.1. The molecule has 0 amide bonds. The van der Waals surface area contributed by atoms with Crippen LogP contribution < -0.4 is 4.90 Å². The minimum absolute atomic E-state index is 0.0830. The minimum atomic E-state index is -0.111. The summed E-state index contributed by atoms with van der Waals surface area (Å²) in [7, 11) is 0. The topological polar surface area (TPSA) is 8.17 Å². The fourth-order valence-electron chi connectivity index (χ4n) is 11.3. The summed E-state index contributed by atoms with van der Waals surface area (Å²) in [6.45, 7) is 9.48. The summed E-state index contributed by atoms with van der Waals surface area (Å²) >= 11 is 1.87. The first kappa shape index (κ1) is 36.5. The third kappa shape index (κ3) is 5.12. The lowest BCUT2D eigenvalue weighted by Crippen LogP contribution is -2.16. The van der Waals surface area contributed by atoms with Crippen molar-refractivity contribution in [2.75, 3.05) is 4.90 Å². The lowest BCUT2D eigenvalue weighted by Gasteiger charge is -2.29. The van der Waals surface area contributed by atoms with Gasteiger partial charge < -0.3 is 9.47 Å². The van der Waals surface area contributed by atoms with E-state index in [1.54, 1.807) is 0 Å². The first-order valence-electron chi connectivity index (χ1n) is 22.1. The Hall–Kier alpha value is -7.20. The largest absolute Gasteiger partial charge is 0.309 e. The van der Waals surface area contributed by atoms with E-state index >= 15 is 0 Å². The van der Waals surface area contributed by atoms with E-state index in [9.17, 15) is 0 Å². The van der Waals surface area contributed by atoms with Gasteiger partial charge in [0.1, 0.15) is 0 Å². The fraction of sp³-hybridized carbons (Fsp3) is 0.100. The van der Waals surface area contributed by atoms with Crippen LogP contribution in [0.2, 0.25) is 0 Å². The summed E-state index contributed by atoms with van der Waals surface area (Å²) in [6, 6.07) is 72.7. The Kier molecular flexibility index (Phi) is 7.61. The number of benzene rings is 9. The Morgan fingerprint density at radius 2 is 1.03 bits per heavy atom. The Labute approximate surface area is 371 Å². The fourth-order valence-corrected chi connectivity index (χ4v) is 12.4. The molecular weight excluding hydrogens is 781 g/mol. The second-order valence-corrected chi connectivity index (χ2v) is 19.6. The molecule has 63 heavy (non-hydrogen) atoms. The van der Waals surface area contributed by atoms with Gasteiger partial charge in [0.25, 0.3) is 0 Å². The highest BCUT2D eigenvalue weighted by molar-refractivity contribution is 7.26. The molecule has 2 heterocycles. The van der Waals surface area contributed by atoms with Crippen LogP contribution in [0.3, 0.4) is 0 Å². The van der Waals surface area contributed by atoms with Crippen molar-refractivity contribution in [2.45, 2.75) is 38.5 Å². The number of aromatic nitrogens is 1. The summed E-state index contributed by atoms with van der Waals surface area (Å²) in [6.07, 6.45) is 0. The van der Waals surface area contributed by atoms with E-state index in [0.29, 0.717) is 0 Å². The molecular formula is C60H44N2S. The molecule has 0 saturated heterocycles. The average molecular weight is 825 g/mol. The van der Waals surface area contributed by atoms with Gasteiger partial charge in [0.2, 0.25) is 0 Å². The molecule has 0 fully saturated rings. The molecule has 0 unspecified atom stereocenters. The van der Waals surface area contributed by atoms with Gasteiger partial charge in [0, 0.05) is 58.7 Å². The van der Waals surface area contributed by atoms with Crippen molar-refractivity contribution in [3.63, 3.8) is 0 Å². The Morgan fingerprint density at radius 3 is 1.86 bits per heavy atom. The summed E-state index contributed by atoms with van der Waals surface area (Å²) in [5.41, 5.74) is 20.2. The van der Waals surface area contributed by atoms with Crippen molar-refractivity contribution in [2.24, 2.45) is 0 Å². The van der Waals surface area contributed by atoms with Crippen molar-refractivity contribution in [3.05, 3.63) is 216 Å². The number of nitrogens with zero attached hydrogens (tertiary/aromatic N) is 2. The minimum Gasteiger partial charge on any atom is -0.309 e. The van der Waals surface area contributed by atoms with Crippen LogP contribution in [0.5, 0.6) is 0 Å². The van der Waals surface area contributed by atoms with E-state index in [2.05, 4.69) is 231 Å². The number of hydrogen-bond acceptors (Lipinski definition) is 2. The predicted molar refractivity (Wildman–Crippen MR) is 269 cm³/mol. The standard InChI is InChI=1S/C60H44N2S/c1-59(2)48-22-12-9-19-42(48)57-49(59)23-14-24-52(57)62(53-25-15-27-56-58(53)43-20-10-13-26-55(43)63-56)40-31-28-37(29-32-40)38-30-33-51-45(34-38)46-35-44-41-18-8-11-21-47(41)60(3,4)50(44)36-54(46)61(51)39-16-6-5-7-17-39/h5-36H,1-4H3. The molecule has 0 aliphatic heterocycles. The van der Waals surface area contributed by atoms with Crippen LogP contribution in [0, 0.1) is 0 Å². The maximum atomic E-state index is 2.53. The van der Waals surface area contributed by atoms with Crippen molar-refractivity contribution >= 4 is 70.4 Å². The second kappa shape index (κ2) is 13.2. The zero-order valence-electron chi connectivity index (χ0n) is 35.8. The molecule has 2 nitrogen and oxygen atoms in total. The highest BCUT2D eigenvalue weighted by Gasteiger charge is 2.39. The summed E-state index contributed by atoms with van der Waals surface area (Å²) < 4.78 is 5.06. The van der Waals surface area contributed by atoms with E-state index in [0.717, 1.165) is 5.69 Å². The quantitative estimate of drug-likeness (QED) is 0.168. The van der Waals surface area contributed by atoms with Crippen LogP contribution in [-0.4, -0.2) is 4.57 Å². The molecule has 2 aliphatic carbocycles. The molecule has 2 aromatic heterocycles. The van der Waals surface area contributed by atoms with Crippen LogP contribution in [0.1, 0.15) is 49.9 Å². The first-order chi connectivity index (χ1) is 30.8. The number of hydrogen-bond donors (Lipinski definition) is 0. The molecule has 0 N–H and O–H groups in total. The van der Waals surface area contributed by atoms with Gasteiger partial charge in [0.15, 0.2) is 0 Å². The Balaban J connectivity index is 1.00. The normalized spacial score (nSPS) is 14.3. The molecule has 9 aromatic carbocycles. The monoisotopic (exact) mass is 824 g/mol. The van der Waals surface area contributed by atoms with Crippen LogP contribution in [0.4, 0.5) is 17.1 Å². The maximum Gasteiger partial charge on any atom is 0.0555 e. The average Bonchev–Trinajstić information content (AvgIpc) is 4.00. The van der Waals surface area contributed by atoms with Gasteiger partial charge in [-0.25, -0.2) is 0 Å². The van der Waals surface area contributed by atoms with Gasteiger partial charge in [-0.05, 0) is 123 Å². The predicted octanol–water partition coefficient (Wildman–Crippen LogP) is 16.9. The Bertz CT molecular complexity index is 3680. The number of rotatable bonds is 5. The lowest BCUT2D eigenvalue weighted by atomic mass is 9.82. The number of thiophene rings is 1. The van der Waals surface area contributed by atoms with Crippen LogP contribution in [0.25, 0.3) is 81.0 Å². The Morgan fingerprint density at radius 1 is 0.413 bits per heavy atom. The zero-order chi connectivity index (χ0) is 42.2. The van der Waals surface area contributed by atoms with Crippen LogP contribution >= 0.6 is 11.3 Å². The highest BCUT2D eigenvalue weighted by Crippen LogP contribution is 2.56. The third-order valence-corrected chi connectivity index (χ3v) is 15.5. The second-order valence-electron chi connectivity index (χ2n) is 18.5. The zero-order valence-corrected chi connectivity index (χ0v) is 36.6. The lowest BCUT2D eigenvalue weighted by molar-refractivity contribution is 0.660. The number of para-hydroxylation sites is 1. The van der Waals surface area contributed by atoms with Crippen LogP contribution in [-0.2, 0) is 10.8 Å². The summed E-state index contributed by atoms with van der Waals surface area (Å²) in [5.74, 6) is 0. The van der Waals surface area contributed by atoms with Crippen molar-refractivity contribution in [1.82, 2.24) is 4.57 Å². The van der Waals surface area contributed by atoms with Crippen molar-refractivity contribution < 1.29 is 0 Å². The maximum absolute atomic E-state index is 2.53. The summed E-state index contributed by atoms with van der Waals surface area (Å²) in [4.78, 5) is 2.53. The van der Waals surface area contributed by atoms with Crippen molar-refractivity contribution in [1.29, 1.82) is 0 Å². The van der Waals surface area contributed by atoms with Gasteiger partial charge in [-0.15, -0.1) is 11.3 Å². The molecule has 0 spiro atoms. The van der Waals surface area contributed by atoms with Gasteiger partial charge in [-0.3, -0.25) is 0 Å². The number of anilines is 3. The first-order valence-corrected chi connectivity index (χ1v) is 22.9. The van der Waals surface area contributed by atoms with Crippen molar-refractivity contribution in [3.8, 4) is 39.1 Å². The third-order valence-electron chi connectivity index (χ3n) is 14.4. The molecule has 3 heteroatoms. The molecule has 0 radical (unpaired) electrons.